The number of hydrogen-bond acceptors (Lipinski definition) is 4. The fourth-order valence-corrected chi connectivity index (χ4v) is 2.06. The molecule has 0 atom stereocenters. The van der Waals surface area contributed by atoms with E-state index in [1.807, 2.05) is 34.6 Å². The van der Waals surface area contributed by atoms with Gasteiger partial charge in [0.2, 0.25) is 0 Å². The minimum Gasteiger partial charge on any atom is -0.478 e. The summed E-state index contributed by atoms with van der Waals surface area (Å²) in [5.74, 6) is -0.480. The Kier molecular flexibility index (Phi) is 5.34. The summed E-state index contributed by atoms with van der Waals surface area (Å²) in [6, 6.07) is 3.12. The molecule has 0 spiro atoms. The smallest absolute Gasteiger partial charge is 0.335 e. The molecule has 118 valence electrons. The Morgan fingerprint density at radius 2 is 1.81 bits per heavy atom. The van der Waals surface area contributed by atoms with E-state index in [-0.39, 0.29) is 17.6 Å². The van der Waals surface area contributed by atoms with Crippen LogP contribution in [0.1, 0.15) is 63.5 Å². The number of aliphatic hydroxyl groups is 1. The van der Waals surface area contributed by atoms with Crippen molar-refractivity contribution in [3.05, 3.63) is 23.4 Å². The highest BCUT2D eigenvalue weighted by molar-refractivity contribution is 5.88. The van der Waals surface area contributed by atoms with Crippen LogP contribution >= 0.6 is 0 Å². The molecule has 0 radical (unpaired) electrons. The minimum absolute atomic E-state index is 0.0240. The lowest BCUT2D eigenvalue weighted by molar-refractivity contribution is 0.0696. The predicted molar refractivity (Wildman–Crippen MR) is 83.9 cm³/mol. The van der Waals surface area contributed by atoms with E-state index in [0.717, 1.165) is 12.8 Å². The van der Waals surface area contributed by atoms with E-state index in [9.17, 15) is 15.0 Å². The second-order valence-electron chi connectivity index (χ2n) is 6.45. The van der Waals surface area contributed by atoms with Crippen molar-refractivity contribution in [2.45, 2.75) is 58.4 Å². The Bertz CT molecular complexity index is 494. The molecule has 0 aliphatic heterocycles. The lowest BCUT2D eigenvalue weighted by Gasteiger charge is -2.32. The van der Waals surface area contributed by atoms with Crippen LogP contribution in [0.4, 0.5) is 5.82 Å². The summed E-state index contributed by atoms with van der Waals surface area (Å²) in [5.41, 5.74) is 0.196. The van der Waals surface area contributed by atoms with Crippen molar-refractivity contribution in [1.82, 2.24) is 4.98 Å². The largest absolute Gasteiger partial charge is 0.478 e. The molecule has 0 unspecified atom stereocenters. The van der Waals surface area contributed by atoms with E-state index in [1.54, 1.807) is 6.07 Å². The van der Waals surface area contributed by atoms with Crippen molar-refractivity contribution >= 4 is 11.8 Å². The van der Waals surface area contributed by atoms with E-state index in [4.69, 9.17) is 0 Å². The zero-order chi connectivity index (χ0) is 16.3. The number of nitrogens with one attached hydrogen (secondary N) is 1. The minimum atomic E-state index is -0.978. The highest BCUT2D eigenvalue weighted by atomic mass is 16.4. The molecule has 5 heteroatoms. The average molecular weight is 294 g/mol. The number of carboxylic acids is 1. The number of aromatic nitrogens is 1. The maximum atomic E-state index is 11.3. The zero-order valence-corrected chi connectivity index (χ0v) is 13.5. The normalized spacial score (nSPS) is 12.3. The highest BCUT2D eigenvalue weighted by Gasteiger charge is 2.27. The first-order valence-electron chi connectivity index (χ1n) is 7.32. The molecule has 0 saturated heterocycles. The van der Waals surface area contributed by atoms with Gasteiger partial charge in [-0.05, 0) is 25.0 Å². The number of anilines is 1. The fraction of sp³-hybridized carbons (Fsp3) is 0.625. The van der Waals surface area contributed by atoms with Crippen LogP contribution in [-0.2, 0) is 5.41 Å². The number of rotatable bonds is 6. The van der Waals surface area contributed by atoms with Crippen molar-refractivity contribution in [3.63, 3.8) is 0 Å². The maximum Gasteiger partial charge on any atom is 0.335 e. The van der Waals surface area contributed by atoms with Crippen LogP contribution < -0.4 is 5.32 Å². The average Bonchev–Trinajstić information content (AvgIpc) is 2.43. The van der Waals surface area contributed by atoms with E-state index in [1.165, 1.54) is 6.07 Å². The van der Waals surface area contributed by atoms with Crippen LogP contribution in [0, 0.1) is 0 Å². The van der Waals surface area contributed by atoms with Gasteiger partial charge in [-0.15, -0.1) is 0 Å². The molecule has 0 aliphatic rings. The van der Waals surface area contributed by atoms with Gasteiger partial charge in [0.15, 0.2) is 0 Å². The van der Waals surface area contributed by atoms with E-state index >= 15 is 0 Å². The summed E-state index contributed by atoms with van der Waals surface area (Å²) in [7, 11) is 0. The number of carboxylic acid groups (broad SMARTS) is 1. The summed E-state index contributed by atoms with van der Waals surface area (Å²) in [6.07, 6.45) is 1.45. The number of pyridine rings is 1. The van der Waals surface area contributed by atoms with E-state index in [2.05, 4.69) is 10.3 Å². The zero-order valence-electron chi connectivity index (χ0n) is 13.5. The van der Waals surface area contributed by atoms with Gasteiger partial charge in [0.25, 0.3) is 0 Å². The number of aromatic carboxylic acids is 1. The van der Waals surface area contributed by atoms with E-state index < -0.39 is 11.5 Å². The molecular weight excluding hydrogens is 268 g/mol. The highest BCUT2D eigenvalue weighted by Crippen LogP contribution is 2.26. The lowest BCUT2D eigenvalue weighted by atomic mass is 9.90. The molecule has 0 bridgehead atoms. The molecular formula is C16H26N2O3. The Morgan fingerprint density at radius 3 is 2.19 bits per heavy atom. The molecule has 1 rings (SSSR count). The Hall–Kier alpha value is -1.62. The number of aliphatic hydroxyl groups excluding tert-OH is 1. The first-order valence-corrected chi connectivity index (χ1v) is 7.32. The number of nitrogens with zero attached hydrogens (tertiary/aromatic N) is 1. The van der Waals surface area contributed by atoms with Crippen molar-refractivity contribution in [1.29, 1.82) is 0 Å². The third-order valence-corrected chi connectivity index (χ3v) is 3.89. The second kappa shape index (κ2) is 6.43. The molecule has 0 aromatic carbocycles. The molecule has 5 nitrogen and oxygen atoms in total. The Balaban J connectivity index is 3.29. The first kappa shape index (κ1) is 17.4. The molecule has 1 aromatic rings. The van der Waals surface area contributed by atoms with Gasteiger partial charge in [-0.1, -0.05) is 34.6 Å². The monoisotopic (exact) mass is 294 g/mol. The van der Waals surface area contributed by atoms with Gasteiger partial charge >= 0.3 is 5.97 Å². The molecule has 1 aromatic heterocycles. The number of carbonyl (C=O) groups is 1. The van der Waals surface area contributed by atoms with Crippen molar-refractivity contribution in [2.24, 2.45) is 0 Å². The van der Waals surface area contributed by atoms with Crippen molar-refractivity contribution in [3.8, 4) is 0 Å². The first-order chi connectivity index (χ1) is 9.67. The summed E-state index contributed by atoms with van der Waals surface area (Å²) < 4.78 is 0. The van der Waals surface area contributed by atoms with Crippen LogP contribution in [0.15, 0.2) is 12.1 Å². The lowest BCUT2D eigenvalue weighted by Crippen LogP contribution is -2.41. The van der Waals surface area contributed by atoms with Crippen LogP contribution in [0.3, 0.4) is 0 Å². The van der Waals surface area contributed by atoms with Gasteiger partial charge in [0.1, 0.15) is 5.82 Å². The SMILES string of the molecule is CCC(CC)(CO)Nc1cc(C(=O)O)cc(C(C)(C)C)n1. The third kappa shape index (κ3) is 4.17. The topological polar surface area (TPSA) is 82.5 Å². The van der Waals surface area contributed by atoms with Gasteiger partial charge in [-0.25, -0.2) is 9.78 Å². The van der Waals surface area contributed by atoms with Crippen LogP contribution in [0.2, 0.25) is 0 Å². The maximum absolute atomic E-state index is 11.3. The summed E-state index contributed by atoms with van der Waals surface area (Å²) in [6.45, 7) is 9.91. The molecule has 3 N–H and O–H groups in total. The van der Waals surface area contributed by atoms with Gasteiger partial charge < -0.3 is 15.5 Å². The summed E-state index contributed by atoms with van der Waals surface area (Å²) in [4.78, 5) is 15.8. The standard InChI is InChI=1S/C16H26N2O3/c1-6-16(7-2,10-19)18-13-9-11(14(20)21)8-12(17-13)15(3,4)5/h8-9,19H,6-7,10H2,1-5H3,(H,17,18)(H,20,21). The molecule has 0 aliphatic carbocycles. The van der Waals surface area contributed by atoms with Gasteiger partial charge in [-0.3, -0.25) is 0 Å². The number of hydrogen-bond donors (Lipinski definition) is 3. The van der Waals surface area contributed by atoms with Gasteiger partial charge in [0.05, 0.1) is 17.7 Å². The summed E-state index contributed by atoms with van der Waals surface area (Å²) >= 11 is 0. The van der Waals surface area contributed by atoms with Crippen LogP contribution in [0.5, 0.6) is 0 Å². The van der Waals surface area contributed by atoms with Gasteiger partial charge in [0, 0.05) is 11.1 Å². The summed E-state index contributed by atoms with van der Waals surface area (Å²) in [5, 5.41) is 22.1. The third-order valence-electron chi connectivity index (χ3n) is 3.89. The van der Waals surface area contributed by atoms with Crippen molar-refractivity contribution in [2.75, 3.05) is 11.9 Å². The quantitative estimate of drug-likeness (QED) is 0.751. The fourth-order valence-electron chi connectivity index (χ4n) is 2.06. The molecule has 0 fully saturated rings. The second-order valence-corrected chi connectivity index (χ2v) is 6.45. The Morgan fingerprint density at radius 1 is 1.24 bits per heavy atom. The van der Waals surface area contributed by atoms with E-state index in [0.29, 0.717) is 11.5 Å². The van der Waals surface area contributed by atoms with Gasteiger partial charge in [-0.2, -0.15) is 0 Å². The molecule has 21 heavy (non-hydrogen) atoms. The molecule has 0 amide bonds. The molecule has 0 saturated carbocycles. The van der Waals surface area contributed by atoms with Crippen LogP contribution in [0.25, 0.3) is 0 Å². The van der Waals surface area contributed by atoms with Crippen molar-refractivity contribution < 1.29 is 15.0 Å². The molecule has 1 heterocycles. The Labute approximate surface area is 126 Å². The predicted octanol–water partition coefficient (Wildman–Crippen LogP) is 3.04. The van der Waals surface area contributed by atoms with Crippen LogP contribution in [-0.4, -0.2) is 33.3 Å².